The fourth-order valence-corrected chi connectivity index (χ4v) is 4.33. The Labute approximate surface area is 186 Å². The van der Waals surface area contributed by atoms with E-state index in [1.807, 2.05) is 0 Å². The maximum absolute atomic E-state index is 14.6. The van der Waals surface area contributed by atoms with Gasteiger partial charge in [-0.25, -0.2) is 8.78 Å². The highest BCUT2D eigenvalue weighted by molar-refractivity contribution is 5.33. The smallest absolute Gasteiger partial charge is 0.429 e. The molecule has 0 heterocycles. The van der Waals surface area contributed by atoms with Crippen LogP contribution in [0.15, 0.2) is 36.4 Å². The number of rotatable bonds is 8. The first-order valence-electron chi connectivity index (χ1n) is 10.8. The molecule has 0 bridgehead atoms. The molecule has 0 spiro atoms. The van der Waals surface area contributed by atoms with Crippen molar-refractivity contribution in [2.45, 2.75) is 63.1 Å². The van der Waals surface area contributed by atoms with Crippen molar-refractivity contribution in [3.8, 4) is 5.75 Å². The summed E-state index contributed by atoms with van der Waals surface area (Å²) < 4.78 is 113. The number of unbranched alkanes of at least 4 members (excludes halogenated alkanes) is 1. The van der Waals surface area contributed by atoms with E-state index in [2.05, 4.69) is 4.74 Å². The van der Waals surface area contributed by atoms with Crippen LogP contribution in [0, 0.1) is 17.6 Å². The van der Waals surface area contributed by atoms with Gasteiger partial charge in [-0.15, -0.1) is 0 Å². The molecule has 0 atom stereocenters. The van der Waals surface area contributed by atoms with Crippen molar-refractivity contribution >= 4 is 0 Å². The molecule has 1 nitrogen and oxygen atoms in total. The lowest BCUT2D eigenvalue weighted by molar-refractivity contribution is -0.189. The van der Waals surface area contributed by atoms with Gasteiger partial charge in [-0.1, -0.05) is 12.8 Å². The average molecular weight is 480 g/mol. The Hall–Kier alpha value is -2.32. The van der Waals surface area contributed by atoms with E-state index in [0.29, 0.717) is 49.4 Å². The third-order valence-electron chi connectivity index (χ3n) is 6.10. The molecule has 1 saturated carbocycles. The van der Waals surface area contributed by atoms with E-state index >= 15 is 0 Å². The number of benzene rings is 2. The zero-order valence-electron chi connectivity index (χ0n) is 17.7. The summed E-state index contributed by atoms with van der Waals surface area (Å²) in [5.74, 6) is -3.38. The topological polar surface area (TPSA) is 9.23 Å². The molecule has 2 aromatic carbocycles. The zero-order chi connectivity index (χ0) is 24.2. The molecule has 2 aromatic rings. The molecular formula is C24H24F8O. The molecule has 182 valence electrons. The summed E-state index contributed by atoms with van der Waals surface area (Å²) in [4.78, 5) is 0. The van der Waals surface area contributed by atoms with Gasteiger partial charge in [-0.3, -0.25) is 4.39 Å². The van der Waals surface area contributed by atoms with Crippen molar-refractivity contribution in [1.82, 2.24) is 0 Å². The Morgan fingerprint density at radius 1 is 0.818 bits per heavy atom. The van der Waals surface area contributed by atoms with Crippen LogP contribution in [0.2, 0.25) is 0 Å². The summed E-state index contributed by atoms with van der Waals surface area (Å²) in [6.07, 6.45) is -3.97. The Morgan fingerprint density at radius 2 is 1.39 bits per heavy atom. The van der Waals surface area contributed by atoms with Gasteiger partial charge in [0, 0.05) is 0 Å². The number of alkyl halides is 6. The molecule has 33 heavy (non-hydrogen) atoms. The lowest BCUT2D eigenvalue weighted by Crippen LogP contribution is -2.25. The molecule has 0 unspecified atom stereocenters. The lowest BCUT2D eigenvalue weighted by Gasteiger charge is -2.29. The SMILES string of the molecule is FCCCCC1CCC(c2cc(F)c(C(F)(F)Oc3ccc(C(F)(F)F)cc3)c(F)c2)CC1. The number of hydrogen-bond acceptors (Lipinski definition) is 1. The van der Waals surface area contributed by atoms with Crippen molar-refractivity contribution in [2.24, 2.45) is 5.92 Å². The van der Waals surface area contributed by atoms with Gasteiger partial charge in [-0.2, -0.15) is 22.0 Å². The zero-order valence-corrected chi connectivity index (χ0v) is 17.7. The van der Waals surface area contributed by atoms with Gasteiger partial charge < -0.3 is 4.74 Å². The monoisotopic (exact) mass is 480 g/mol. The second-order valence-corrected chi connectivity index (χ2v) is 8.40. The standard InChI is InChI=1S/C24H24F8O/c25-12-2-1-3-15-4-6-16(7-5-15)17-13-20(26)22(21(27)14-17)24(31,32)33-19-10-8-18(9-11-19)23(28,29)30/h8-11,13-16H,1-7,12H2. The van der Waals surface area contributed by atoms with Gasteiger partial charge in [0.1, 0.15) is 22.9 Å². The molecule has 1 fully saturated rings. The number of halogens is 8. The predicted molar refractivity (Wildman–Crippen MR) is 107 cm³/mol. The summed E-state index contributed by atoms with van der Waals surface area (Å²) in [5.41, 5.74) is -2.38. The highest BCUT2D eigenvalue weighted by atomic mass is 19.4. The molecule has 9 heteroatoms. The van der Waals surface area contributed by atoms with Gasteiger partial charge in [0.15, 0.2) is 0 Å². The maximum atomic E-state index is 14.6. The molecule has 1 aliphatic rings. The van der Waals surface area contributed by atoms with E-state index < -0.39 is 40.8 Å². The fourth-order valence-electron chi connectivity index (χ4n) is 4.33. The van der Waals surface area contributed by atoms with E-state index in [9.17, 15) is 35.1 Å². The summed E-state index contributed by atoms with van der Waals surface area (Å²) >= 11 is 0. The first kappa shape index (κ1) is 25.3. The van der Waals surface area contributed by atoms with Gasteiger partial charge in [0.05, 0.1) is 12.2 Å². The van der Waals surface area contributed by atoms with Crippen molar-refractivity contribution in [2.75, 3.05) is 6.67 Å². The van der Waals surface area contributed by atoms with Crippen molar-refractivity contribution in [1.29, 1.82) is 0 Å². The van der Waals surface area contributed by atoms with Crippen LogP contribution in [0.3, 0.4) is 0 Å². The van der Waals surface area contributed by atoms with Crippen LogP contribution >= 0.6 is 0 Å². The fraction of sp³-hybridized carbons (Fsp3) is 0.500. The largest absolute Gasteiger partial charge is 0.432 e. The molecule has 0 aliphatic heterocycles. The lowest BCUT2D eigenvalue weighted by atomic mass is 9.77. The molecule has 0 amide bonds. The van der Waals surface area contributed by atoms with E-state index in [4.69, 9.17) is 0 Å². The second-order valence-electron chi connectivity index (χ2n) is 8.40. The Morgan fingerprint density at radius 3 is 1.91 bits per heavy atom. The number of hydrogen-bond donors (Lipinski definition) is 0. The Kier molecular flexibility index (Phi) is 7.90. The molecule has 0 aromatic heterocycles. The first-order chi connectivity index (χ1) is 15.5. The minimum absolute atomic E-state index is 0.176. The van der Waals surface area contributed by atoms with E-state index in [1.54, 1.807) is 0 Å². The van der Waals surface area contributed by atoms with E-state index in [1.165, 1.54) is 0 Å². The Balaban J connectivity index is 1.70. The third kappa shape index (κ3) is 6.38. The summed E-state index contributed by atoms with van der Waals surface area (Å²) in [6.45, 7) is -0.354. The first-order valence-corrected chi connectivity index (χ1v) is 10.8. The van der Waals surface area contributed by atoms with Crippen LogP contribution in [0.25, 0.3) is 0 Å². The van der Waals surface area contributed by atoms with E-state index in [-0.39, 0.29) is 18.2 Å². The highest BCUT2D eigenvalue weighted by Gasteiger charge is 2.42. The molecule has 3 rings (SSSR count). The van der Waals surface area contributed by atoms with Crippen LogP contribution in [0.5, 0.6) is 5.75 Å². The quantitative estimate of drug-likeness (QED) is 0.272. The third-order valence-corrected chi connectivity index (χ3v) is 6.10. The second kappa shape index (κ2) is 10.3. The minimum atomic E-state index is -4.66. The number of ether oxygens (including phenoxy) is 1. The molecule has 0 saturated heterocycles. The normalized spacial score (nSPS) is 19.5. The molecule has 0 radical (unpaired) electrons. The summed E-state index contributed by atoms with van der Waals surface area (Å²) in [7, 11) is 0. The average Bonchev–Trinajstić information content (AvgIpc) is 2.73. The van der Waals surface area contributed by atoms with Crippen molar-refractivity contribution in [3.05, 3.63) is 64.7 Å². The molecule has 1 aliphatic carbocycles. The minimum Gasteiger partial charge on any atom is -0.429 e. The van der Waals surface area contributed by atoms with E-state index in [0.717, 1.165) is 37.8 Å². The van der Waals surface area contributed by atoms with Gasteiger partial charge in [0.2, 0.25) is 0 Å². The van der Waals surface area contributed by atoms with Gasteiger partial charge in [0.25, 0.3) is 0 Å². The molecule has 0 N–H and O–H groups in total. The van der Waals surface area contributed by atoms with Crippen LogP contribution in [0.4, 0.5) is 35.1 Å². The maximum Gasteiger partial charge on any atom is 0.432 e. The summed E-state index contributed by atoms with van der Waals surface area (Å²) in [5, 5.41) is 0. The highest BCUT2D eigenvalue weighted by Crippen LogP contribution is 2.41. The van der Waals surface area contributed by atoms with Crippen LogP contribution in [0.1, 0.15) is 67.6 Å². The van der Waals surface area contributed by atoms with Gasteiger partial charge >= 0.3 is 12.3 Å². The van der Waals surface area contributed by atoms with Crippen LogP contribution in [-0.4, -0.2) is 6.67 Å². The summed E-state index contributed by atoms with van der Waals surface area (Å²) in [6, 6.07) is 4.14. The van der Waals surface area contributed by atoms with Crippen LogP contribution in [-0.2, 0) is 12.3 Å². The van der Waals surface area contributed by atoms with Crippen LogP contribution < -0.4 is 4.74 Å². The predicted octanol–water partition coefficient (Wildman–Crippen LogP) is 8.53. The van der Waals surface area contributed by atoms with Gasteiger partial charge in [-0.05, 0) is 85.9 Å². The Bertz CT molecular complexity index is 892. The molecular weight excluding hydrogens is 456 g/mol. The van der Waals surface area contributed by atoms with Crippen molar-refractivity contribution in [3.63, 3.8) is 0 Å². The van der Waals surface area contributed by atoms with Crippen molar-refractivity contribution < 1.29 is 39.9 Å².